The van der Waals surface area contributed by atoms with E-state index >= 15 is 0 Å². The number of carbonyl (C=O) groups is 1. The molecule has 1 unspecified atom stereocenters. The number of hydrogen-bond acceptors (Lipinski definition) is 5. The molecule has 0 aliphatic heterocycles. The molecule has 218 valence electrons. The third kappa shape index (κ3) is 7.50. The van der Waals surface area contributed by atoms with Crippen molar-refractivity contribution in [3.8, 4) is 0 Å². The number of carboxylic acids is 1. The van der Waals surface area contributed by atoms with E-state index in [1.807, 2.05) is 0 Å². The third-order valence-corrected chi connectivity index (χ3v) is 7.24. The number of hydrogen-bond donors (Lipinski definition) is 2. The van der Waals surface area contributed by atoms with Gasteiger partial charge in [0.25, 0.3) is 5.56 Å². The van der Waals surface area contributed by atoms with Gasteiger partial charge in [0.2, 0.25) is 0 Å². The van der Waals surface area contributed by atoms with Crippen molar-refractivity contribution in [1.29, 1.82) is 0 Å². The second-order valence-corrected chi connectivity index (χ2v) is 10.4. The van der Waals surface area contributed by atoms with Crippen LogP contribution in [0.2, 0.25) is 0 Å². The lowest BCUT2D eigenvalue weighted by Gasteiger charge is -2.20. The Kier molecular flexibility index (Phi) is 10.2. The van der Waals surface area contributed by atoms with E-state index in [4.69, 9.17) is 5.11 Å². The Labute approximate surface area is 244 Å². The molecule has 2 N–H and O–H groups in total. The van der Waals surface area contributed by atoms with Crippen LogP contribution in [-0.2, 0) is 31.9 Å². The van der Waals surface area contributed by atoms with Crippen molar-refractivity contribution in [1.82, 2.24) is 24.0 Å². The molecule has 0 amide bonds. The predicted octanol–water partition coefficient (Wildman–Crippen LogP) is 3.95. The molecular weight excluding hydrogens is 530 g/mol. The lowest BCUT2D eigenvalue weighted by Crippen LogP contribution is -2.37. The second kappa shape index (κ2) is 14.2. The summed E-state index contributed by atoms with van der Waals surface area (Å²) in [4.78, 5) is 38.0. The molecule has 9 heteroatoms. The maximum absolute atomic E-state index is 11.9. The van der Waals surface area contributed by atoms with E-state index in [9.17, 15) is 14.4 Å². The first-order chi connectivity index (χ1) is 20.3. The van der Waals surface area contributed by atoms with Crippen LogP contribution in [0.15, 0.2) is 107 Å². The van der Waals surface area contributed by atoms with Crippen LogP contribution in [0.5, 0.6) is 0 Å². The maximum Gasteiger partial charge on any atom is 0.332 e. The van der Waals surface area contributed by atoms with Crippen molar-refractivity contribution >= 4 is 17.1 Å². The van der Waals surface area contributed by atoms with Crippen LogP contribution in [0, 0.1) is 0 Å². The number of benzene rings is 3. The molecule has 9 nitrogen and oxygen atoms in total. The van der Waals surface area contributed by atoms with E-state index in [2.05, 4.69) is 108 Å². The summed E-state index contributed by atoms with van der Waals surface area (Å²) in [5, 5.41) is 12.4. The van der Waals surface area contributed by atoms with E-state index in [1.54, 1.807) is 0 Å². The van der Waals surface area contributed by atoms with Gasteiger partial charge in [-0.25, -0.2) is 9.78 Å². The average Bonchev–Trinajstić information content (AvgIpc) is 3.42. The molecule has 5 rings (SSSR count). The second-order valence-electron chi connectivity index (χ2n) is 10.4. The maximum atomic E-state index is 11.9. The highest BCUT2D eigenvalue weighted by Gasteiger charge is 2.16. The Balaban J connectivity index is 0.000000208. The van der Waals surface area contributed by atoms with Gasteiger partial charge in [-0.1, -0.05) is 91.0 Å². The molecule has 0 aliphatic carbocycles. The zero-order chi connectivity index (χ0) is 30.1. The summed E-state index contributed by atoms with van der Waals surface area (Å²) in [6, 6.07) is 32.9. The lowest BCUT2D eigenvalue weighted by molar-refractivity contribution is -0.137. The zero-order valence-corrected chi connectivity index (χ0v) is 24.2. The van der Waals surface area contributed by atoms with Crippen LogP contribution in [-0.4, -0.2) is 42.3 Å². The van der Waals surface area contributed by atoms with Gasteiger partial charge < -0.3 is 15.0 Å². The molecule has 0 spiro atoms. The molecule has 1 atom stereocenters. The van der Waals surface area contributed by atoms with Crippen LogP contribution >= 0.6 is 0 Å². The number of imidazole rings is 1. The van der Waals surface area contributed by atoms with E-state index in [1.165, 1.54) is 46.2 Å². The van der Waals surface area contributed by atoms with Crippen molar-refractivity contribution in [2.45, 2.75) is 38.3 Å². The molecular formula is C33H37N5O4. The van der Waals surface area contributed by atoms with E-state index < -0.39 is 17.2 Å². The van der Waals surface area contributed by atoms with Gasteiger partial charge in [0.1, 0.15) is 6.54 Å². The van der Waals surface area contributed by atoms with Crippen LogP contribution in [0.3, 0.4) is 0 Å². The highest BCUT2D eigenvalue weighted by Crippen LogP contribution is 2.27. The Bertz CT molecular complexity index is 1670. The highest BCUT2D eigenvalue weighted by atomic mass is 16.4. The van der Waals surface area contributed by atoms with Crippen LogP contribution in [0.25, 0.3) is 11.2 Å². The van der Waals surface area contributed by atoms with E-state index in [0.29, 0.717) is 12.0 Å². The topological polar surface area (TPSA) is 111 Å². The highest BCUT2D eigenvalue weighted by molar-refractivity contribution is 5.74. The third-order valence-electron chi connectivity index (χ3n) is 7.24. The van der Waals surface area contributed by atoms with Crippen LogP contribution in [0.1, 0.15) is 36.0 Å². The summed E-state index contributed by atoms with van der Waals surface area (Å²) in [5.74, 6) is -0.640. The molecule has 0 aliphatic rings. The Hall–Kier alpha value is -4.76. The summed E-state index contributed by atoms with van der Waals surface area (Å²) in [6.07, 6.45) is 3.41. The molecule has 0 fully saturated rings. The number of aryl methyl sites for hydroxylation is 1. The summed E-state index contributed by atoms with van der Waals surface area (Å²) in [7, 11) is 2.81. The Morgan fingerprint density at radius 2 is 1.40 bits per heavy atom. The number of nitrogens with one attached hydrogen (secondary N) is 1. The molecule has 2 heterocycles. The first-order valence-electron chi connectivity index (χ1n) is 14.0. The number of rotatable bonds is 10. The fourth-order valence-electron chi connectivity index (χ4n) is 5.07. The molecule has 42 heavy (non-hydrogen) atoms. The first kappa shape index (κ1) is 30.2. The minimum atomic E-state index is -1.08. The van der Waals surface area contributed by atoms with Gasteiger partial charge in [-0.05, 0) is 43.0 Å². The molecule has 3 aromatic carbocycles. The average molecular weight is 568 g/mol. The summed E-state index contributed by atoms with van der Waals surface area (Å²) in [6.45, 7) is 2.92. The molecule has 5 aromatic rings. The lowest BCUT2D eigenvalue weighted by atomic mass is 9.88. The summed E-state index contributed by atoms with van der Waals surface area (Å²) < 4.78 is 3.33. The number of aromatic nitrogens is 4. The Morgan fingerprint density at radius 3 is 1.95 bits per heavy atom. The van der Waals surface area contributed by atoms with Crippen molar-refractivity contribution in [3.63, 3.8) is 0 Å². The molecule has 0 saturated heterocycles. The monoisotopic (exact) mass is 567 g/mol. The minimum Gasteiger partial charge on any atom is -0.480 e. The number of fused-ring (bicyclic) bond motifs is 1. The normalized spacial score (nSPS) is 11.7. The smallest absolute Gasteiger partial charge is 0.332 e. The summed E-state index contributed by atoms with van der Waals surface area (Å²) in [5.41, 5.74) is 3.42. The molecule has 0 radical (unpaired) electrons. The zero-order valence-electron chi connectivity index (χ0n) is 24.2. The van der Waals surface area contributed by atoms with Crippen LogP contribution in [0.4, 0.5) is 0 Å². The van der Waals surface area contributed by atoms with E-state index in [-0.39, 0.29) is 17.7 Å². The number of nitrogens with zero attached hydrogens (tertiary/aromatic N) is 4. The van der Waals surface area contributed by atoms with Gasteiger partial charge in [-0.3, -0.25) is 18.7 Å². The van der Waals surface area contributed by atoms with Crippen molar-refractivity contribution in [2.75, 3.05) is 6.54 Å². The largest absolute Gasteiger partial charge is 0.480 e. The van der Waals surface area contributed by atoms with Crippen molar-refractivity contribution in [2.24, 2.45) is 14.1 Å². The van der Waals surface area contributed by atoms with Crippen molar-refractivity contribution < 1.29 is 9.90 Å². The quantitative estimate of drug-likeness (QED) is 0.264. The minimum absolute atomic E-state index is 0.108. The van der Waals surface area contributed by atoms with Gasteiger partial charge in [0.15, 0.2) is 11.2 Å². The molecule has 0 bridgehead atoms. The standard InChI is InChI=1S/C24H27N.C9H10N4O4/c1-20(19-21-11-5-2-6-12-21)25-18-17-24(22-13-7-3-8-14-22)23-15-9-4-10-16-23;1-11-7-6(8(16)12(2)9(11)17)13(4-10-7)3-5(14)15/h2-16,20,24-25H,17-19H2,1H3;4H,3H2,1-2H3,(H,14,15). The molecule has 2 aromatic heterocycles. The van der Waals surface area contributed by atoms with E-state index in [0.717, 1.165) is 24.0 Å². The number of carboxylic acid groups (broad SMARTS) is 1. The Morgan fingerprint density at radius 1 is 0.857 bits per heavy atom. The summed E-state index contributed by atoms with van der Waals surface area (Å²) >= 11 is 0. The van der Waals surface area contributed by atoms with Gasteiger partial charge in [0, 0.05) is 26.1 Å². The predicted molar refractivity (Wildman–Crippen MR) is 165 cm³/mol. The van der Waals surface area contributed by atoms with Gasteiger partial charge in [-0.2, -0.15) is 0 Å². The van der Waals surface area contributed by atoms with Crippen molar-refractivity contribution in [3.05, 3.63) is 135 Å². The van der Waals surface area contributed by atoms with Gasteiger partial charge >= 0.3 is 11.7 Å². The fourth-order valence-corrected chi connectivity index (χ4v) is 5.07. The SMILES string of the molecule is CC(Cc1ccccc1)NCCC(c1ccccc1)c1ccccc1.Cn1c(=O)c2c(ncn2CC(=O)O)n(C)c1=O. The van der Waals surface area contributed by atoms with Crippen LogP contribution < -0.4 is 16.6 Å². The van der Waals surface area contributed by atoms with Gasteiger partial charge in [0.05, 0.1) is 6.33 Å². The molecule has 0 saturated carbocycles. The first-order valence-corrected chi connectivity index (χ1v) is 14.0. The van der Waals surface area contributed by atoms with Gasteiger partial charge in [-0.15, -0.1) is 0 Å². The number of aliphatic carboxylic acids is 1. The fraction of sp³-hybridized carbons (Fsp3) is 0.273.